The molecule has 6 nitrogen and oxygen atoms in total. The van der Waals surface area contributed by atoms with E-state index in [0.29, 0.717) is 37.3 Å². The predicted octanol–water partition coefficient (Wildman–Crippen LogP) is 3.48. The Labute approximate surface area is 185 Å². The molecule has 0 aliphatic carbocycles. The molecule has 166 valence electrons. The molecule has 0 unspecified atom stereocenters. The van der Waals surface area contributed by atoms with E-state index in [0.717, 1.165) is 35.5 Å². The summed E-state index contributed by atoms with van der Waals surface area (Å²) in [6.45, 7) is 1.69. The lowest BCUT2D eigenvalue weighted by molar-refractivity contribution is -0.113. The van der Waals surface area contributed by atoms with Crippen LogP contribution in [0.25, 0.3) is 0 Å². The first kappa shape index (κ1) is 22.1. The fourth-order valence-electron chi connectivity index (χ4n) is 3.42. The molecule has 0 spiro atoms. The summed E-state index contributed by atoms with van der Waals surface area (Å²) in [6.07, 6.45) is 0.564. The number of thioether (sulfide) groups is 1. The Morgan fingerprint density at radius 2 is 1.88 bits per heavy atom. The van der Waals surface area contributed by atoms with Crippen LogP contribution in [0.15, 0.2) is 52.4 Å². The van der Waals surface area contributed by atoms with E-state index in [1.807, 2.05) is 0 Å². The maximum Gasteiger partial charge on any atom is 0.256 e. The normalized spacial score (nSPS) is 13.6. The lowest BCUT2D eigenvalue weighted by Crippen LogP contribution is -2.35. The van der Waals surface area contributed by atoms with Gasteiger partial charge in [0, 0.05) is 32.1 Å². The van der Waals surface area contributed by atoms with Crippen LogP contribution in [0.1, 0.15) is 16.8 Å². The summed E-state index contributed by atoms with van der Waals surface area (Å²) >= 11 is 1.01. The van der Waals surface area contributed by atoms with Gasteiger partial charge in [-0.1, -0.05) is 23.9 Å². The highest BCUT2D eigenvalue weighted by Crippen LogP contribution is 2.20. The molecule has 1 aliphatic heterocycles. The average Bonchev–Trinajstić information content (AvgIpc) is 2.77. The summed E-state index contributed by atoms with van der Waals surface area (Å²) in [5, 5.41) is 2.59. The minimum atomic E-state index is -0.741. The van der Waals surface area contributed by atoms with Crippen molar-refractivity contribution in [1.29, 1.82) is 0 Å². The first-order valence-electron chi connectivity index (χ1n) is 9.84. The lowest BCUT2D eigenvalue weighted by Gasteiger charge is -2.27. The van der Waals surface area contributed by atoms with Crippen molar-refractivity contribution in [3.63, 3.8) is 0 Å². The Morgan fingerprint density at radius 1 is 1.12 bits per heavy atom. The monoisotopic (exact) mass is 460 g/mol. The SMILES string of the molecule is O=C(CSc1nc2c(c(=O)[nH]1)CN(Cc1ccc(F)cc1)CC2)Nc1cc(F)ccc1F. The van der Waals surface area contributed by atoms with Crippen molar-refractivity contribution >= 4 is 23.4 Å². The van der Waals surface area contributed by atoms with Crippen LogP contribution < -0.4 is 10.9 Å². The molecule has 32 heavy (non-hydrogen) atoms. The lowest BCUT2D eigenvalue weighted by atomic mass is 10.1. The van der Waals surface area contributed by atoms with E-state index in [2.05, 4.69) is 20.2 Å². The van der Waals surface area contributed by atoms with Crippen molar-refractivity contribution in [3.05, 3.63) is 87.1 Å². The number of nitrogens with zero attached hydrogens (tertiary/aromatic N) is 2. The Morgan fingerprint density at radius 3 is 2.66 bits per heavy atom. The van der Waals surface area contributed by atoms with Crippen LogP contribution in [0, 0.1) is 17.5 Å². The van der Waals surface area contributed by atoms with Crippen molar-refractivity contribution in [2.45, 2.75) is 24.7 Å². The quantitative estimate of drug-likeness (QED) is 0.435. The van der Waals surface area contributed by atoms with Gasteiger partial charge in [-0.05, 0) is 29.8 Å². The summed E-state index contributed by atoms with van der Waals surface area (Å²) in [7, 11) is 0. The van der Waals surface area contributed by atoms with Crippen molar-refractivity contribution < 1.29 is 18.0 Å². The zero-order valence-corrected chi connectivity index (χ0v) is 17.6. The third kappa shape index (κ3) is 5.38. The minimum Gasteiger partial charge on any atom is -0.323 e. The van der Waals surface area contributed by atoms with Gasteiger partial charge in [0.05, 0.1) is 22.7 Å². The Hall–Kier alpha value is -3.11. The molecule has 0 saturated carbocycles. The maximum atomic E-state index is 13.7. The van der Waals surface area contributed by atoms with Gasteiger partial charge in [0.25, 0.3) is 5.56 Å². The van der Waals surface area contributed by atoms with Gasteiger partial charge < -0.3 is 10.3 Å². The predicted molar refractivity (Wildman–Crippen MR) is 115 cm³/mol. The molecule has 0 bridgehead atoms. The number of aromatic amines is 1. The third-order valence-corrected chi connectivity index (χ3v) is 5.86. The fraction of sp³-hybridized carbons (Fsp3) is 0.227. The summed E-state index contributed by atoms with van der Waals surface area (Å²) in [5.41, 5.74) is 1.66. The van der Waals surface area contributed by atoms with E-state index >= 15 is 0 Å². The molecule has 0 fully saturated rings. The zero-order chi connectivity index (χ0) is 22.7. The number of amides is 1. The summed E-state index contributed by atoms with van der Waals surface area (Å²) < 4.78 is 40.0. The van der Waals surface area contributed by atoms with E-state index in [1.165, 1.54) is 12.1 Å². The van der Waals surface area contributed by atoms with Crippen LogP contribution in [-0.4, -0.2) is 33.1 Å². The van der Waals surface area contributed by atoms with Crippen LogP contribution in [0.5, 0.6) is 0 Å². The van der Waals surface area contributed by atoms with E-state index in [1.54, 1.807) is 12.1 Å². The van der Waals surface area contributed by atoms with Crippen LogP contribution in [0.2, 0.25) is 0 Å². The first-order chi connectivity index (χ1) is 15.4. The number of H-pyrrole nitrogens is 1. The van der Waals surface area contributed by atoms with Crippen LogP contribution >= 0.6 is 11.8 Å². The highest BCUT2D eigenvalue weighted by atomic mass is 32.2. The number of fused-ring (bicyclic) bond motifs is 1. The molecular formula is C22H19F3N4O2S. The van der Waals surface area contributed by atoms with Gasteiger partial charge in [0.15, 0.2) is 5.16 Å². The highest BCUT2D eigenvalue weighted by molar-refractivity contribution is 7.99. The van der Waals surface area contributed by atoms with Gasteiger partial charge >= 0.3 is 0 Å². The molecule has 1 aromatic heterocycles. The summed E-state index contributed by atoms with van der Waals surface area (Å²) in [6, 6.07) is 9.03. The number of hydrogen-bond acceptors (Lipinski definition) is 5. The number of carbonyl (C=O) groups is 1. The molecule has 1 aliphatic rings. The van der Waals surface area contributed by atoms with Crippen molar-refractivity contribution in [2.75, 3.05) is 17.6 Å². The molecule has 0 atom stereocenters. The van der Waals surface area contributed by atoms with E-state index < -0.39 is 17.5 Å². The summed E-state index contributed by atoms with van der Waals surface area (Å²) in [5.74, 6) is -2.38. The second-order valence-corrected chi connectivity index (χ2v) is 8.31. The van der Waals surface area contributed by atoms with Gasteiger partial charge in [0.2, 0.25) is 5.91 Å². The van der Waals surface area contributed by atoms with Gasteiger partial charge in [-0.25, -0.2) is 18.2 Å². The Kier molecular flexibility index (Phi) is 6.61. The number of aromatic nitrogens is 2. The standard InChI is InChI=1S/C22H19F3N4O2S/c23-14-3-1-13(2-4-14)10-29-8-7-18-16(11-29)21(31)28-22(27-18)32-12-20(30)26-19-9-15(24)5-6-17(19)25/h1-6,9H,7-8,10-12H2,(H,26,30)(H,27,28,31). The third-order valence-electron chi connectivity index (χ3n) is 4.99. The van der Waals surface area contributed by atoms with E-state index in [4.69, 9.17) is 0 Å². The number of hydrogen-bond donors (Lipinski definition) is 2. The van der Waals surface area contributed by atoms with Gasteiger partial charge in [-0.3, -0.25) is 14.5 Å². The van der Waals surface area contributed by atoms with Gasteiger partial charge in [-0.2, -0.15) is 0 Å². The van der Waals surface area contributed by atoms with Crippen LogP contribution in [-0.2, 0) is 24.3 Å². The molecule has 0 radical (unpaired) electrons. The molecule has 4 rings (SSSR count). The molecular weight excluding hydrogens is 441 g/mol. The maximum absolute atomic E-state index is 13.7. The Bertz CT molecular complexity index is 1200. The number of nitrogens with one attached hydrogen (secondary N) is 2. The highest BCUT2D eigenvalue weighted by Gasteiger charge is 2.21. The van der Waals surface area contributed by atoms with Crippen molar-refractivity contribution in [1.82, 2.24) is 14.9 Å². The molecule has 10 heteroatoms. The minimum absolute atomic E-state index is 0.131. The van der Waals surface area contributed by atoms with Gasteiger partial charge in [0.1, 0.15) is 17.5 Å². The molecule has 2 heterocycles. The van der Waals surface area contributed by atoms with Gasteiger partial charge in [-0.15, -0.1) is 0 Å². The first-order valence-corrected chi connectivity index (χ1v) is 10.8. The van der Waals surface area contributed by atoms with E-state index in [-0.39, 0.29) is 28.0 Å². The largest absolute Gasteiger partial charge is 0.323 e. The second kappa shape index (κ2) is 9.58. The number of benzene rings is 2. The van der Waals surface area contributed by atoms with Crippen molar-refractivity contribution in [2.24, 2.45) is 0 Å². The van der Waals surface area contributed by atoms with Crippen molar-refractivity contribution in [3.8, 4) is 0 Å². The fourth-order valence-corrected chi connectivity index (χ4v) is 4.10. The zero-order valence-electron chi connectivity index (χ0n) is 16.8. The molecule has 0 saturated heterocycles. The number of rotatable bonds is 6. The number of anilines is 1. The molecule has 2 N–H and O–H groups in total. The molecule has 2 aromatic carbocycles. The number of carbonyl (C=O) groups excluding carboxylic acids is 1. The molecule has 3 aromatic rings. The topological polar surface area (TPSA) is 78.1 Å². The summed E-state index contributed by atoms with van der Waals surface area (Å²) in [4.78, 5) is 33.9. The number of halogens is 3. The second-order valence-electron chi connectivity index (χ2n) is 7.34. The smallest absolute Gasteiger partial charge is 0.256 e. The molecule has 1 amide bonds. The van der Waals surface area contributed by atoms with Crippen LogP contribution in [0.4, 0.5) is 18.9 Å². The van der Waals surface area contributed by atoms with Crippen LogP contribution in [0.3, 0.4) is 0 Å². The Balaban J connectivity index is 1.37. The van der Waals surface area contributed by atoms with E-state index in [9.17, 15) is 22.8 Å². The average molecular weight is 460 g/mol.